The van der Waals surface area contributed by atoms with Crippen molar-refractivity contribution in [2.75, 3.05) is 18.4 Å². The van der Waals surface area contributed by atoms with Crippen LogP contribution in [0, 0.1) is 0 Å². The summed E-state index contributed by atoms with van der Waals surface area (Å²) in [6, 6.07) is 7.56. The topological polar surface area (TPSA) is 86.7 Å². The number of benzene rings is 2. The molecule has 2 aliphatic rings. The number of hydrogen-bond donors (Lipinski definition) is 2. The molecule has 2 aliphatic heterocycles. The van der Waals surface area contributed by atoms with E-state index in [0.717, 1.165) is 12.8 Å². The van der Waals surface area contributed by atoms with Crippen molar-refractivity contribution in [1.29, 1.82) is 0 Å². The fourth-order valence-electron chi connectivity index (χ4n) is 3.38. The molecule has 1 fully saturated rings. The number of nitrogens with one attached hydrogen (secondary N) is 1. The molecule has 146 valence electrons. The molecule has 6 nitrogen and oxygen atoms in total. The summed E-state index contributed by atoms with van der Waals surface area (Å²) in [7, 11) is -3.60. The first kappa shape index (κ1) is 19.3. The second-order valence-corrected chi connectivity index (χ2v) is 9.42. The Hall–Kier alpha value is -2.06. The molecule has 1 amide bonds. The first-order chi connectivity index (χ1) is 13.3. The van der Waals surface area contributed by atoms with Crippen molar-refractivity contribution in [3.05, 3.63) is 51.5 Å². The van der Waals surface area contributed by atoms with E-state index in [4.69, 9.17) is 23.2 Å². The molecule has 1 saturated heterocycles. The van der Waals surface area contributed by atoms with E-state index in [-0.39, 0.29) is 26.6 Å². The molecule has 4 rings (SSSR count). The van der Waals surface area contributed by atoms with Crippen LogP contribution in [-0.4, -0.2) is 36.8 Å². The molecule has 0 aromatic heterocycles. The minimum atomic E-state index is -3.60. The fraction of sp³-hybridized carbons (Fsp3) is 0.211. The lowest BCUT2D eigenvalue weighted by Gasteiger charge is -2.16. The van der Waals surface area contributed by atoms with Crippen LogP contribution < -0.4 is 5.32 Å². The second-order valence-electron chi connectivity index (χ2n) is 6.66. The highest BCUT2D eigenvalue weighted by Gasteiger charge is 2.31. The van der Waals surface area contributed by atoms with Gasteiger partial charge in [0.05, 0.1) is 14.9 Å². The lowest BCUT2D eigenvalue weighted by Crippen LogP contribution is -2.27. The average molecular weight is 439 g/mol. The number of sulfonamides is 1. The van der Waals surface area contributed by atoms with Crippen LogP contribution in [-0.2, 0) is 14.8 Å². The Morgan fingerprint density at radius 3 is 2.36 bits per heavy atom. The number of rotatable bonds is 3. The van der Waals surface area contributed by atoms with Crippen molar-refractivity contribution in [1.82, 2.24) is 4.31 Å². The number of carbonyl (C=O) groups excluding carboxylic acids is 1. The minimum absolute atomic E-state index is 0.0586. The third-order valence-corrected chi connectivity index (χ3v) is 7.30. The van der Waals surface area contributed by atoms with Gasteiger partial charge >= 0.3 is 0 Å². The highest BCUT2D eigenvalue weighted by atomic mass is 35.5. The SMILES string of the molecule is O=C1Nc2ccc(S(=O)(=O)N3CCCC3)cc2/C1=C/c1cc(Cl)c(O)c(Cl)c1. The van der Waals surface area contributed by atoms with Gasteiger partial charge in [-0.1, -0.05) is 23.2 Å². The third-order valence-electron chi connectivity index (χ3n) is 4.83. The van der Waals surface area contributed by atoms with Gasteiger partial charge in [0.15, 0.2) is 5.75 Å². The summed E-state index contributed by atoms with van der Waals surface area (Å²) in [5.74, 6) is -0.591. The van der Waals surface area contributed by atoms with Crippen molar-refractivity contribution >= 4 is 56.5 Å². The van der Waals surface area contributed by atoms with Crippen LogP contribution in [0.4, 0.5) is 5.69 Å². The quantitative estimate of drug-likeness (QED) is 0.709. The Kier molecular flexibility index (Phi) is 4.87. The van der Waals surface area contributed by atoms with Gasteiger partial charge in [-0.2, -0.15) is 4.31 Å². The molecule has 2 N–H and O–H groups in total. The van der Waals surface area contributed by atoms with Gasteiger partial charge in [-0.05, 0) is 54.8 Å². The summed E-state index contributed by atoms with van der Waals surface area (Å²) in [6.07, 6.45) is 3.25. The predicted molar refractivity (Wildman–Crippen MR) is 109 cm³/mol. The summed E-state index contributed by atoms with van der Waals surface area (Å²) < 4.78 is 27.2. The molecule has 0 spiro atoms. The second kappa shape index (κ2) is 7.08. The number of hydrogen-bond acceptors (Lipinski definition) is 4. The van der Waals surface area contributed by atoms with E-state index >= 15 is 0 Å². The molecular weight excluding hydrogens is 423 g/mol. The maximum atomic E-state index is 12.8. The lowest BCUT2D eigenvalue weighted by atomic mass is 10.0. The summed E-state index contributed by atoms with van der Waals surface area (Å²) in [5, 5.41) is 12.5. The van der Waals surface area contributed by atoms with Gasteiger partial charge in [0, 0.05) is 29.9 Å². The van der Waals surface area contributed by atoms with Gasteiger partial charge in [0.1, 0.15) is 0 Å². The van der Waals surface area contributed by atoms with E-state index in [9.17, 15) is 18.3 Å². The Labute approximate surface area is 172 Å². The van der Waals surface area contributed by atoms with Crippen LogP contribution in [0.1, 0.15) is 24.0 Å². The standard InChI is InChI=1S/C19H16Cl2N2O4S/c20-15-8-11(9-16(21)18(15)24)7-14-13-10-12(3-4-17(13)22-19(14)25)28(26,27)23-5-1-2-6-23/h3-4,7-10,24H,1-2,5-6H2,(H,22,25)/b14-7-. The smallest absolute Gasteiger partial charge is 0.256 e. The lowest BCUT2D eigenvalue weighted by molar-refractivity contribution is -0.110. The van der Waals surface area contributed by atoms with E-state index in [1.54, 1.807) is 12.1 Å². The number of nitrogens with zero attached hydrogens (tertiary/aromatic N) is 1. The maximum absolute atomic E-state index is 12.8. The first-order valence-corrected chi connectivity index (χ1v) is 10.8. The number of amides is 1. The predicted octanol–water partition coefficient (Wildman–Crippen LogP) is 3.98. The number of fused-ring (bicyclic) bond motifs is 1. The molecule has 0 saturated carbocycles. The van der Waals surface area contributed by atoms with Gasteiger partial charge in [-0.15, -0.1) is 0 Å². The molecule has 0 aliphatic carbocycles. The normalized spacial score (nSPS) is 18.5. The van der Waals surface area contributed by atoms with E-state index < -0.39 is 10.0 Å². The molecule has 9 heteroatoms. The van der Waals surface area contributed by atoms with E-state index in [1.807, 2.05) is 0 Å². The van der Waals surface area contributed by atoms with Crippen molar-refractivity contribution < 1.29 is 18.3 Å². The number of anilines is 1. The van der Waals surface area contributed by atoms with Gasteiger partial charge in [-0.25, -0.2) is 8.42 Å². The Bertz CT molecular complexity index is 1100. The largest absolute Gasteiger partial charge is 0.505 e. The van der Waals surface area contributed by atoms with Gasteiger partial charge < -0.3 is 10.4 Å². The Morgan fingerprint density at radius 1 is 1.07 bits per heavy atom. The third kappa shape index (κ3) is 3.28. The molecule has 2 aromatic carbocycles. The van der Waals surface area contributed by atoms with E-state index in [0.29, 0.717) is 35.5 Å². The molecule has 0 atom stereocenters. The molecule has 28 heavy (non-hydrogen) atoms. The Morgan fingerprint density at radius 2 is 1.71 bits per heavy atom. The summed E-state index contributed by atoms with van der Waals surface area (Å²) in [5.41, 5.74) is 1.84. The number of phenolic OH excluding ortho intramolecular Hbond substituents is 1. The molecule has 2 heterocycles. The first-order valence-electron chi connectivity index (χ1n) is 8.63. The van der Waals surface area contributed by atoms with Crippen molar-refractivity contribution in [2.45, 2.75) is 17.7 Å². The van der Waals surface area contributed by atoms with Gasteiger partial charge in [-0.3, -0.25) is 4.79 Å². The highest BCUT2D eigenvalue weighted by molar-refractivity contribution is 7.89. The fourth-order valence-corrected chi connectivity index (χ4v) is 5.43. The van der Waals surface area contributed by atoms with Crippen LogP contribution in [0.2, 0.25) is 10.0 Å². The van der Waals surface area contributed by atoms with Crippen molar-refractivity contribution in [3.8, 4) is 5.75 Å². The van der Waals surface area contributed by atoms with Crippen molar-refractivity contribution in [2.24, 2.45) is 0 Å². The van der Waals surface area contributed by atoms with Crippen LogP contribution in [0.25, 0.3) is 11.6 Å². The summed E-state index contributed by atoms with van der Waals surface area (Å²) in [6.45, 7) is 1.01. The van der Waals surface area contributed by atoms with Crippen LogP contribution >= 0.6 is 23.2 Å². The van der Waals surface area contributed by atoms with E-state index in [1.165, 1.54) is 28.6 Å². The molecule has 2 aromatic rings. The van der Waals surface area contributed by atoms with Crippen molar-refractivity contribution in [3.63, 3.8) is 0 Å². The van der Waals surface area contributed by atoms with Crippen LogP contribution in [0.5, 0.6) is 5.75 Å². The zero-order valence-corrected chi connectivity index (χ0v) is 16.9. The monoisotopic (exact) mass is 438 g/mol. The summed E-state index contributed by atoms with van der Waals surface area (Å²) >= 11 is 11.9. The van der Waals surface area contributed by atoms with Crippen LogP contribution in [0.3, 0.4) is 0 Å². The summed E-state index contributed by atoms with van der Waals surface area (Å²) in [4.78, 5) is 12.6. The maximum Gasteiger partial charge on any atom is 0.256 e. The molecule has 0 radical (unpaired) electrons. The molecule has 0 bridgehead atoms. The molecular formula is C19H16Cl2N2O4S. The zero-order valence-electron chi connectivity index (χ0n) is 14.6. The number of phenols is 1. The molecule has 0 unspecified atom stereocenters. The van der Waals surface area contributed by atoms with Gasteiger partial charge in [0.2, 0.25) is 10.0 Å². The highest BCUT2D eigenvalue weighted by Crippen LogP contribution is 2.38. The number of halogens is 2. The minimum Gasteiger partial charge on any atom is -0.505 e. The van der Waals surface area contributed by atoms with Gasteiger partial charge in [0.25, 0.3) is 5.91 Å². The zero-order chi connectivity index (χ0) is 20.1. The number of carbonyl (C=O) groups is 1. The Balaban J connectivity index is 1.78. The number of aromatic hydroxyl groups is 1. The van der Waals surface area contributed by atoms with E-state index in [2.05, 4.69) is 5.32 Å². The average Bonchev–Trinajstić information content (AvgIpc) is 3.28. The van der Waals surface area contributed by atoms with Crippen LogP contribution in [0.15, 0.2) is 35.2 Å².